The third kappa shape index (κ3) is 2.99. The Labute approximate surface area is 94.8 Å². The Morgan fingerprint density at radius 3 is 2.41 bits per heavy atom. The molecule has 6 heteroatoms. The summed E-state index contributed by atoms with van der Waals surface area (Å²) in [5, 5.41) is 3.43. The number of halogens is 3. The zero-order valence-corrected chi connectivity index (χ0v) is 8.57. The molecule has 1 heterocycles. The number of ether oxygens (including phenoxy) is 1. The Kier molecular flexibility index (Phi) is 3.03. The summed E-state index contributed by atoms with van der Waals surface area (Å²) in [7, 11) is 0. The van der Waals surface area contributed by atoms with Crippen LogP contribution in [0.3, 0.4) is 0 Å². The summed E-state index contributed by atoms with van der Waals surface area (Å²) in [6.07, 6.45) is -1.62. The fourth-order valence-electron chi connectivity index (χ4n) is 1.22. The molecule has 0 amide bonds. The molecule has 0 unspecified atom stereocenters. The molecule has 0 aliphatic heterocycles. The summed E-state index contributed by atoms with van der Waals surface area (Å²) in [4.78, 5) is 0. The maximum atomic E-state index is 12.3. The fourth-order valence-corrected chi connectivity index (χ4v) is 1.22. The van der Waals surface area contributed by atoms with E-state index in [1.165, 1.54) is 24.6 Å². The number of rotatable bonds is 3. The molecule has 3 nitrogen and oxygen atoms in total. The van der Waals surface area contributed by atoms with Gasteiger partial charge in [0, 0.05) is 0 Å². The summed E-state index contributed by atoms with van der Waals surface area (Å²) >= 11 is 0. The van der Waals surface area contributed by atoms with Crippen LogP contribution < -0.4 is 4.74 Å². The standard InChI is InChI=1S/C11H8F3NO2/c12-11(13,14)9-3-1-8(2-4-9)6-16-10-5-15-17-7-10/h1-5,7H,6H2. The minimum absolute atomic E-state index is 0.166. The normalized spacial score (nSPS) is 11.5. The number of hydrogen-bond acceptors (Lipinski definition) is 3. The van der Waals surface area contributed by atoms with Gasteiger partial charge in [0.15, 0.2) is 12.0 Å². The largest absolute Gasteiger partial charge is 0.484 e. The molecule has 0 bridgehead atoms. The Balaban J connectivity index is 1.99. The van der Waals surface area contributed by atoms with Crippen LogP contribution in [0.1, 0.15) is 11.1 Å². The van der Waals surface area contributed by atoms with Crippen LogP contribution in [0.15, 0.2) is 41.2 Å². The maximum absolute atomic E-state index is 12.3. The highest BCUT2D eigenvalue weighted by molar-refractivity contribution is 5.24. The minimum atomic E-state index is -4.31. The van der Waals surface area contributed by atoms with Crippen LogP contribution in [0.25, 0.3) is 0 Å². The molecule has 0 N–H and O–H groups in total. The number of benzene rings is 1. The first-order valence-corrected chi connectivity index (χ1v) is 4.74. The molecule has 2 rings (SSSR count). The van der Waals surface area contributed by atoms with E-state index in [0.717, 1.165) is 12.1 Å². The Bertz CT molecular complexity index is 462. The molecule has 0 saturated heterocycles. The van der Waals surface area contributed by atoms with Gasteiger partial charge in [0.25, 0.3) is 0 Å². The van der Waals surface area contributed by atoms with E-state index in [4.69, 9.17) is 4.74 Å². The minimum Gasteiger partial charge on any atom is -0.484 e. The summed E-state index contributed by atoms with van der Waals surface area (Å²) in [6, 6.07) is 4.78. The van der Waals surface area contributed by atoms with Gasteiger partial charge in [-0.3, -0.25) is 0 Å². The van der Waals surface area contributed by atoms with Crippen molar-refractivity contribution >= 4 is 0 Å². The zero-order chi connectivity index (χ0) is 12.3. The zero-order valence-electron chi connectivity index (χ0n) is 8.57. The molecule has 90 valence electrons. The Hall–Kier alpha value is -1.98. The van der Waals surface area contributed by atoms with Crippen molar-refractivity contribution in [1.82, 2.24) is 5.16 Å². The first-order chi connectivity index (χ1) is 8.05. The van der Waals surface area contributed by atoms with Crippen molar-refractivity contribution in [2.24, 2.45) is 0 Å². The van der Waals surface area contributed by atoms with Crippen LogP contribution >= 0.6 is 0 Å². The van der Waals surface area contributed by atoms with E-state index in [0.29, 0.717) is 11.3 Å². The smallest absolute Gasteiger partial charge is 0.416 e. The number of aromatic nitrogens is 1. The van der Waals surface area contributed by atoms with Gasteiger partial charge in [0.1, 0.15) is 12.8 Å². The molecule has 0 fully saturated rings. The van der Waals surface area contributed by atoms with E-state index in [-0.39, 0.29) is 6.61 Å². The van der Waals surface area contributed by atoms with Crippen LogP contribution in [0.5, 0.6) is 5.75 Å². The lowest BCUT2D eigenvalue weighted by atomic mass is 10.1. The third-order valence-electron chi connectivity index (χ3n) is 2.10. The van der Waals surface area contributed by atoms with E-state index >= 15 is 0 Å². The third-order valence-corrected chi connectivity index (χ3v) is 2.10. The Morgan fingerprint density at radius 2 is 1.88 bits per heavy atom. The quantitative estimate of drug-likeness (QED) is 0.829. The highest BCUT2D eigenvalue weighted by Gasteiger charge is 2.29. The average molecular weight is 243 g/mol. The summed E-state index contributed by atoms with van der Waals surface area (Å²) < 4.78 is 46.6. The number of alkyl halides is 3. The van der Waals surface area contributed by atoms with Crippen molar-refractivity contribution in [3.63, 3.8) is 0 Å². The van der Waals surface area contributed by atoms with Gasteiger partial charge >= 0.3 is 6.18 Å². The van der Waals surface area contributed by atoms with Crippen molar-refractivity contribution in [3.05, 3.63) is 47.9 Å². The second-order valence-electron chi connectivity index (χ2n) is 3.34. The van der Waals surface area contributed by atoms with E-state index < -0.39 is 11.7 Å². The van der Waals surface area contributed by atoms with Crippen LogP contribution in [-0.4, -0.2) is 5.16 Å². The van der Waals surface area contributed by atoms with E-state index in [1.54, 1.807) is 0 Å². The van der Waals surface area contributed by atoms with Crippen molar-refractivity contribution < 1.29 is 22.4 Å². The first kappa shape index (κ1) is 11.5. The van der Waals surface area contributed by atoms with E-state index in [9.17, 15) is 13.2 Å². The van der Waals surface area contributed by atoms with Crippen LogP contribution in [0, 0.1) is 0 Å². The molecule has 17 heavy (non-hydrogen) atoms. The molecule has 0 saturated carbocycles. The molecular formula is C11H8F3NO2. The molecular weight excluding hydrogens is 235 g/mol. The lowest BCUT2D eigenvalue weighted by molar-refractivity contribution is -0.137. The molecule has 0 radical (unpaired) electrons. The molecule has 2 aromatic rings. The maximum Gasteiger partial charge on any atom is 0.416 e. The summed E-state index contributed by atoms with van der Waals surface area (Å²) in [5.41, 5.74) is -0.0366. The van der Waals surface area contributed by atoms with Gasteiger partial charge in [0.05, 0.1) is 5.56 Å². The summed E-state index contributed by atoms with van der Waals surface area (Å²) in [5.74, 6) is 0.435. The predicted octanol–water partition coefficient (Wildman–Crippen LogP) is 3.27. The average Bonchev–Trinajstić information content (AvgIpc) is 2.78. The van der Waals surface area contributed by atoms with Crippen LogP contribution in [0.2, 0.25) is 0 Å². The number of hydrogen-bond donors (Lipinski definition) is 0. The van der Waals surface area contributed by atoms with Gasteiger partial charge in [-0.1, -0.05) is 17.3 Å². The SMILES string of the molecule is FC(F)(F)c1ccc(COc2cnoc2)cc1. The van der Waals surface area contributed by atoms with Crippen molar-refractivity contribution in [3.8, 4) is 5.75 Å². The molecule has 1 aromatic heterocycles. The van der Waals surface area contributed by atoms with Crippen molar-refractivity contribution in [2.45, 2.75) is 12.8 Å². The highest BCUT2D eigenvalue weighted by Crippen LogP contribution is 2.29. The predicted molar refractivity (Wildman–Crippen MR) is 52.3 cm³/mol. The molecule has 0 aliphatic carbocycles. The topological polar surface area (TPSA) is 35.3 Å². The van der Waals surface area contributed by atoms with Crippen LogP contribution in [-0.2, 0) is 12.8 Å². The van der Waals surface area contributed by atoms with E-state index in [2.05, 4.69) is 9.68 Å². The second kappa shape index (κ2) is 4.48. The summed E-state index contributed by atoms with van der Waals surface area (Å²) in [6.45, 7) is 0.166. The monoisotopic (exact) mass is 243 g/mol. The van der Waals surface area contributed by atoms with Crippen molar-refractivity contribution in [2.75, 3.05) is 0 Å². The molecule has 0 aliphatic rings. The molecule has 0 spiro atoms. The van der Waals surface area contributed by atoms with Gasteiger partial charge in [-0.25, -0.2) is 0 Å². The van der Waals surface area contributed by atoms with Crippen molar-refractivity contribution in [1.29, 1.82) is 0 Å². The lowest BCUT2D eigenvalue weighted by Gasteiger charge is -2.07. The Morgan fingerprint density at radius 1 is 1.18 bits per heavy atom. The van der Waals surface area contributed by atoms with Crippen LogP contribution in [0.4, 0.5) is 13.2 Å². The number of nitrogens with zero attached hydrogens (tertiary/aromatic N) is 1. The van der Waals surface area contributed by atoms with Gasteiger partial charge in [-0.15, -0.1) is 0 Å². The first-order valence-electron chi connectivity index (χ1n) is 4.74. The highest BCUT2D eigenvalue weighted by atomic mass is 19.4. The second-order valence-corrected chi connectivity index (χ2v) is 3.34. The van der Waals surface area contributed by atoms with E-state index in [1.807, 2.05) is 0 Å². The van der Waals surface area contributed by atoms with Gasteiger partial charge in [0.2, 0.25) is 0 Å². The fraction of sp³-hybridized carbons (Fsp3) is 0.182. The lowest BCUT2D eigenvalue weighted by Crippen LogP contribution is -2.05. The molecule has 0 atom stereocenters. The van der Waals surface area contributed by atoms with Gasteiger partial charge in [-0.05, 0) is 17.7 Å². The van der Waals surface area contributed by atoms with Gasteiger partial charge < -0.3 is 9.26 Å². The van der Waals surface area contributed by atoms with Gasteiger partial charge in [-0.2, -0.15) is 13.2 Å². The molecule has 1 aromatic carbocycles.